The molecule has 4 rings (SSSR count). The zero-order valence-corrected chi connectivity index (χ0v) is 13.8. The van der Waals surface area contributed by atoms with Gasteiger partial charge in [0.25, 0.3) is 5.91 Å². The summed E-state index contributed by atoms with van der Waals surface area (Å²) >= 11 is 6.09. The Labute approximate surface area is 148 Å². The third-order valence-corrected chi connectivity index (χ3v) is 4.12. The Bertz CT molecular complexity index is 1060. The molecule has 0 radical (unpaired) electrons. The van der Waals surface area contributed by atoms with E-state index in [0.717, 1.165) is 10.8 Å². The molecule has 0 atom stereocenters. The summed E-state index contributed by atoms with van der Waals surface area (Å²) in [4.78, 5) is 16.6. The highest BCUT2D eigenvalue weighted by atomic mass is 35.5. The summed E-state index contributed by atoms with van der Waals surface area (Å²) < 4.78 is 1.58. The van der Waals surface area contributed by atoms with Crippen LogP contribution in [0.2, 0.25) is 5.02 Å². The van der Waals surface area contributed by atoms with Crippen LogP contribution in [0.1, 0.15) is 10.4 Å². The quantitative estimate of drug-likeness (QED) is 0.599. The van der Waals surface area contributed by atoms with Gasteiger partial charge in [-0.05, 0) is 41.1 Å². The molecule has 1 amide bonds. The number of benzene rings is 3. The smallest absolute Gasteiger partial charge is 0.255 e. The van der Waals surface area contributed by atoms with Crippen molar-refractivity contribution in [3.63, 3.8) is 0 Å². The van der Waals surface area contributed by atoms with Crippen LogP contribution in [0.25, 0.3) is 16.5 Å². The number of carbonyl (C=O) groups is 1. The number of fused-ring (bicyclic) bond motifs is 1. The van der Waals surface area contributed by atoms with Gasteiger partial charge in [-0.25, -0.2) is 9.67 Å². The minimum absolute atomic E-state index is 0.214. The van der Waals surface area contributed by atoms with Crippen LogP contribution in [0.5, 0.6) is 0 Å². The number of hydrogen-bond donors (Lipinski definition) is 1. The predicted molar refractivity (Wildman–Crippen MR) is 98.3 cm³/mol. The highest BCUT2D eigenvalue weighted by Gasteiger charge is 2.12. The maximum atomic E-state index is 12.7. The fourth-order valence-electron chi connectivity index (χ4n) is 2.67. The van der Waals surface area contributed by atoms with E-state index < -0.39 is 0 Å². The monoisotopic (exact) mass is 348 g/mol. The standard InChI is InChI=1S/C19H13ClN4O/c20-16-7-8-18(24-12-21-11-22-24)17(10-16)23-19(25)15-6-5-13-3-1-2-4-14(13)9-15/h1-12H,(H,23,25). The van der Waals surface area contributed by atoms with E-state index in [-0.39, 0.29) is 5.91 Å². The van der Waals surface area contributed by atoms with E-state index in [1.165, 1.54) is 6.33 Å². The summed E-state index contributed by atoms with van der Waals surface area (Å²) in [5.41, 5.74) is 1.83. The molecule has 1 N–H and O–H groups in total. The molecule has 0 spiro atoms. The summed E-state index contributed by atoms with van der Waals surface area (Å²) in [5, 5.41) is 9.64. The van der Waals surface area contributed by atoms with Crippen molar-refractivity contribution in [3.05, 3.63) is 83.9 Å². The fraction of sp³-hybridized carbons (Fsp3) is 0. The number of anilines is 1. The maximum Gasteiger partial charge on any atom is 0.255 e. The van der Waals surface area contributed by atoms with Crippen LogP contribution in [0.3, 0.4) is 0 Å². The summed E-state index contributed by atoms with van der Waals surface area (Å²) in [5.74, 6) is -0.214. The van der Waals surface area contributed by atoms with Gasteiger partial charge in [0.2, 0.25) is 0 Å². The molecule has 0 aliphatic rings. The number of nitrogens with zero attached hydrogens (tertiary/aromatic N) is 3. The van der Waals surface area contributed by atoms with Crippen LogP contribution in [0.4, 0.5) is 5.69 Å². The molecule has 0 unspecified atom stereocenters. The molecule has 6 heteroatoms. The minimum Gasteiger partial charge on any atom is -0.320 e. The van der Waals surface area contributed by atoms with Crippen molar-refractivity contribution in [2.24, 2.45) is 0 Å². The molecule has 3 aromatic carbocycles. The van der Waals surface area contributed by atoms with Crippen molar-refractivity contribution in [3.8, 4) is 5.69 Å². The lowest BCUT2D eigenvalue weighted by atomic mass is 10.1. The van der Waals surface area contributed by atoms with Crippen molar-refractivity contribution in [1.29, 1.82) is 0 Å². The van der Waals surface area contributed by atoms with Crippen LogP contribution in [-0.2, 0) is 0 Å². The molecule has 0 aliphatic heterocycles. The number of carbonyl (C=O) groups excluding carboxylic acids is 1. The van der Waals surface area contributed by atoms with Gasteiger partial charge in [-0.2, -0.15) is 5.10 Å². The zero-order chi connectivity index (χ0) is 17.2. The Balaban J connectivity index is 1.69. The van der Waals surface area contributed by atoms with E-state index in [1.807, 2.05) is 36.4 Å². The van der Waals surface area contributed by atoms with E-state index in [9.17, 15) is 4.79 Å². The molecule has 4 aromatic rings. The Hall–Kier alpha value is -3.18. The Morgan fingerprint density at radius 1 is 1.00 bits per heavy atom. The largest absolute Gasteiger partial charge is 0.320 e. The zero-order valence-electron chi connectivity index (χ0n) is 13.1. The number of halogens is 1. The number of nitrogens with one attached hydrogen (secondary N) is 1. The van der Waals surface area contributed by atoms with Crippen molar-refractivity contribution in [1.82, 2.24) is 14.8 Å². The molecular weight excluding hydrogens is 336 g/mol. The van der Waals surface area contributed by atoms with Crippen LogP contribution >= 0.6 is 11.6 Å². The minimum atomic E-state index is -0.214. The van der Waals surface area contributed by atoms with Gasteiger partial charge in [0, 0.05) is 10.6 Å². The number of rotatable bonds is 3. The van der Waals surface area contributed by atoms with Crippen molar-refractivity contribution in [2.45, 2.75) is 0 Å². The van der Waals surface area contributed by atoms with Gasteiger partial charge >= 0.3 is 0 Å². The lowest BCUT2D eigenvalue weighted by Gasteiger charge is -2.12. The molecular formula is C19H13ClN4O. The number of aromatic nitrogens is 3. The van der Waals surface area contributed by atoms with Gasteiger partial charge < -0.3 is 5.32 Å². The number of amides is 1. The van der Waals surface area contributed by atoms with E-state index >= 15 is 0 Å². The summed E-state index contributed by atoms with van der Waals surface area (Å²) in [6.45, 7) is 0. The van der Waals surface area contributed by atoms with Gasteiger partial charge in [-0.15, -0.1) is 0 Å². The molecule has 1 aromatic heterocycles. The van der Waals surface area contributed by atoms with E-state index in [0.29, 0.717) is 22.0 Å². The van der Waals surface area contributed by atoms with Crippen molar-refractivity contribution in [2.75, 3.05) is 5.32 Å². The Morgan fingerprint density at radius 2 is 1.84 bits per heavy atom. The lowest BCUT2D eigenvalue weighted by molar-refractivity contribution is 0.102. The molecule has 25 heavy (non-hydrogen) atoms. The van der Waals surface area contributed by atoms with Gasteiger partial charge in [0.05, 0.1) is 11.4 Å². The summed E-state index contributed by atoms with van der Waals surface area (Å²) in [7, 11) is 0. The third kappa shape index (κ3) is 3.09. The molecule has 0 bridgehead atoms. The van der Waals surface area contributed by atoms with Gasteiger partial charge in [-0.3, -0.25) is 4.79 Å². The van der Waals surface area contributed by atoms with Crippen molar-refractivity contribution >= 4 is 34.0 Å². The average molecular weight is 349 g/mol. The van der Waals surface area contributed by atoms with Crippen LogP contribution in [0, 0.1) is 0 Å². The molecule has 0 fully saturated rings. The molecule has 0 saturated heterocycles. The maximum absolute atomic E-state index is 12.7. The topological polar surface area (TPSA) is 59.8 Å². The predicted octanol–water partition coefficient (Wildman–Crippen LogP) is 4.33. The van der Waals surface area contributed by atoms with E-state index in [2.05, 4.69) is 15.4 Å². The molecule has 0 aliphatic carbocycles. The second-order valence-electron chi connectivity index (χ2n) is 5.52. The first kappa shape index (κ1) is 15.4. The Morgan fingerprint density at radius 3 is 2.64 bits per heavy atom. The average Bonchev–Trinajstić information content (AvgIpc) is 3.16. The van der Waals surface area contributed by atoms with Crippen molar-refractivity contribution < 1.29 is 4.79 Å². The van der Waals surface area contributed by atoms with Gasteiger partial charge in [0.15, 0.2) is 0 Å². The van der Waals surface area contributed by atoms with Gasteiger partial charge in [0.1, 0.15) is 12.7 Å². The van der Waals surface area contributed by atoms with E-state index in [1.54, 1.807) is 35.3 Å². The van der Waals surface area contributed by atoms with E-state index in [4.69, 9.17) is 11.6 Å². The molecule has 1 heterocycles. The SMILES string of the molecule is O=C(Nc1cc(Cl)ccc1-n1cncn1)c1ccc2ccccc2c1. The van der Waals surface area contributed by atoms with Crippen LogP contribution in [0.15, 0.2) is 73.3 Å². The van der Waals surface area contributed by atoms with Crippen LogP contribution < -0.4 is 5.32 Å². The molecule has 122 valence electrons. The second kappa shape index (κ2) is 6.37. The first-order valence-corrected chi connectivity index (χ1v) is 8.03. The molecule has 5 nitrogen and oxygen atoms in total. The fourth-order valence-corrected chi connectivity index (χ4v) is 2.84. The first-order valence-electron chi connectivity index (χ1n) is 7.65. The highest BCUT2D eigenvalue weighted by molar-refractivity contribution is 6.31. The summed E-state index contributed by atoms with van der Waals surface area (Å²) in [6.07, 6.45) is 3.00. The lowest BCUT2D eigenvalue weighted by Crippen LogP contribution is -2.14. The highest BCUT2D eigenvalue weighted by Crippen LogP contribution is 2.25. The first-order chi connectivity index (χ1) is 12.2. The van der Waals surface area contributed by atoms with Gasteiger partial charge in [-0.1, -0.05) is 41.9 Å². The van der Waals surface area contributed by atoms with Crippen LogP contribution in [-0.4, -0.2) is 20.7 Å². The normalized spacial score (nSPS) is 10.8. The third-order valence-electron chi connectivity index (χ3n) is 3.88. The Kier molecular flexibility index (Phi) is 3.91. The summed E-state index contributed by atoms with van der Waals surface area (Å²) in [6, 6.07) is 18.7. The molecule has 0 saturated carbocycles. The second-order valence-corrected chi connectivity index (χ2v) is 5.95. The number of hydrogen-bond acceptors (Lipinski definition) is 3.